The van der Waals surface area contributed by atoms with Gasteiger partial charge in [-0.3, -0.25) is 9.59 Å². The van der Waals surface area contributed by atoms with E-state index in [1.165, 1.54) is 0 Å². The van der Waals surface area contributed by atoms with Crippen molar-refractivity contribution < 1.29 is 14.3 Å². The van der Waals surface area contributed by atoms with Crippen LogP contribution in [0.1, 0.15) is 27.7 Å². The molecule has 0 aliphatic carbocycles. The molecule has 5 heteroatoms. The summed E-state index contributed by atoms with van der Waals surface area (Å²) in [5.74, 6) is -0.594. The summed E-state index contributed by atoms with van der Waals surface area (Å²) >= 11 is 0. The van der Waals surface area contributed by atoms with E-state index < -0.39 is 11.8 Å². The van der Waals surface area contributed by atoms with E-state index in [9.17, 15) is 9.59 Å². The number of amides is 2. The lowest BCUT2D eigenvalue weighted by molar-refractivity contribution is -0.136. The molecule has 0 fully saturated rings. The zero-order chi connectivity index (χ0) is 14.4. The zero-order valence-electron chi connectivity index (χ0n) is 11.7. The Hall–Kier alpha value is -2.04. The molecule has 5 nitrogen and oxygen atoms in total. The Balaban J connectivity index is 2.58. The molecule has 0 heterocycles. The first-order valence-electron chi connectivity index (χ1n) is 6.27. The molecule has 0 unspecified atom stereocenters. The second-order valence-electron chi connectivity index (χ2n) is 4.77. The van der Waals surface area contributed by atoms with Gasteiger partial charge in [-0.25, -0.2) is 0 Å². The van der Waals surface area contributed by atoms with Crippen LogP contribution in [0.5, 0.6) is 5.75 Å². The summed E-state index contributed by atoms with van der Waals surface area (Å²) in [5.41, 5.74) is 0.556. The van der Waals surface area contributed by atoms with Gasteiger partial charge in [0.25, 0.3) is 0 Å². The fourth-order valence-corrected chi connectivity index (χ4v) is 1.40. The van der Waals surface area contributed by atoms with E-state index in [1.807, 2.05) is 13.8 Å². The molecule has 0 saturated heterocycles. The molecule has 0 saturated carbocycles. The number of rotatable bonds is 4. The third-order valence-electron chi connectivity index (χ3n) is 2.11. The minimum Gasteiger partial charge on any atom is -0.491 e. The standard InChI is InChI=1S/C14H20N2O3/c1-9(2)15-13(17)14(18)16-11-5-7-12(8-6-11)19-10(3)4/h5-10H,1-4H3,(H,15,17)(H,16,18). The summed E-state index contributed by atoms with van der Waals surface area (Å²) in [7, 11) is 0. The molecule has 19 heavy (non-hydrogen) atoms. The largest absolute Gasteiger partial charge is 0.491 e. The second-order valence-corrected chi connectivity index (χ2v) is 4.77. The van der Waals surface area contributed by atoms with E-state index in [4.69, 9.17) is 4.74 Å². The maximum Gasteiger partial charge on any atom is 0.313 e. The molecule has 2 N–H and O–H groups in total. The number of carbonyl (C=O) groups excluding carboxylic acids is 2. The maximum atomic E-state index is 11.6. The monoisotopic (exact) mass is 264 g/mol. The predicted molar refractivity (Wildman–Crippen MR) is 74.1 cm³/mol. The Morgan fingerprint density at radius 2 is 1.58 bits per heavy atom. The van der Waals surface area contributed by atoms with E-state index in [-0.39, 0.29) is 12.1 Å². The molecule has 1 aromatic rings. The van der Waals surface area contributed by atoms with Crippen LogP contribution in [-0.2, 0) is 9.59 Å². The van der Waals surface area contributed by atoms with Crippen molar-refractivity contribution >= 4 is 17.5 Å². The summed E-state index contributed by atoms with van der Waals surface area (Å²) in [4.78, 5) is 23.0. The van der Waals surface area contributed by atoms with Crippen LogP contribution < -0.4 is 15.4 Å². The molecule has 104 valence electrons. The van der Waals surface area contributed by atoms with Crippen molar-refractivity contribution in [1.82, 2.24) is 5.32 Å². The molecule has 0 aliphatic rings. The summed E-state index contributed by atoms with van der Waals surface area (Å²) in [6, 6.07) is 6.81. The van der Waals surface area contributed by atoms with Crippen molar-refractivity contribution in [2.75, 3.05) is 5.32 Å². The Labute approximate surface area is 113 Å². The van der Waals surface area contributed by atoms with Crippen LogP contribution in [0.2, 0.25) is 0 Å². The molecule has 0 bridgehead atoms. The Kier molecular flexibility index (Phi) is 5.36. The molecule has 2 amide bonds. The fraction of sp³-hybridized carbons (Fsp3) is 0.429. The zero-order valence-corrected chi connectivity index (χ0v) is 11.7. The number of ether oxygens (including phenoxy) is 1. The summed E-state index contributed by atoms with van der Waals surface area (Å²) < 4.78 is 5.48. The quantitative estimate of drug-likeness (QED) is 0.817. The molecule has 1 aromatic carbocycles. The normalized spacial score (nSPS) is 10.4. The van der Waals surface area contributed by atoms with Crippen molar-refractivity contribution in [2.45, 2.75) is 39.8 Å². The van der Waals surface area contributed by atoms with Gasteiger partial charge in [0.1, 0.15) is 5.75 Å². The second kappa shape index (κ2) is 6.78. The summed E-state index contributed by atoms with van der Waals surface area (Å²) in [5, 5.41) is 5.05. The predicted octanol–water partition coefficient (Wildman–Crippen LogP) is 1.94. The van der Waals surface area contributed by atoms with Gasteiger partial charge in [-0.05, 0) is 52.0 Å². The van der Waals surface area contributed by atoms with Gasteiger partial charge >= 0.3 is 11.8 Å². The van der Waals surface area contributed by atoms with Gasteiger partial charge in [0.2, 0.25) is 0 Å². The lowest BCUT2D eigenvalue weighted by Gasteiger charge is -2.11. The lowest BCUT2D eigenvalue weighted by Crippen LogP contribution is -2.39. The minimum absolute atomic E-state index is 0.0694. The topological polar surface area (TPSA) is 67.4 Å². The van der Waals surface area contributed by atoms with Crippen LogP contribution in [0.15, 0.2) is 24.3 Å². The van der Waals surface area contributed by atoms with Crippen LogP contribution in [0, 0.1) is 0 Å². The molecule has 0 spiro atoms. The van der Waals surface area contributed by atoms with Crippen molar-refractivity contribution in [3.05, 3.63) is 24.3 Å². The number of anilines is 1. The number of hydrogen-bond donors (Lipinski definition) is 2. The molecule has 1 rings (SSSR count). The van der Waals surface area contributed by atoms with Crippen LogP contribution in [0.3, 0.4) is 0 Å². The van der Waals surface area contributed by atoms with E-state index >= 15 is 0 Å². The molecule has 0 aliphatic heterocycles. The van der Waals surface area contributed by atoms with Crippen molar-refractivity contribution in [1.29, 1.82) is 0 Å². The fourth-order valence-electron chi connectivity index (χ4n) is 1.40. The number of nitrogens with one attached hydrogen (secondary N) is 2. The van der Waals surface area contributed by atoms with Crippen LogP contribution in [-0.4, -0.2) is 24.0 Å². The van der Waals surface area contributed by atoms with Gasteiger partial charge in [-0.1, -0.05) is 0 Å². The average Bonchev–Trinajstić information content (AvgIpc) is 2.30. The van der Waals surface area contributed by atoms with Gasteiger partial charge in [-0.2, -0.15) is 0 Å². The highest BCUT2D eigenvalue weighted by Crippen LogP contribution is 2.16. The van der Waals surface area contributed by atoms with E-state index in [0.717, 1.165) is 5.75 Å². The van der Waals surface area contributed by atoms with Crippen LogP contribution in [0.25, 0.3) is 0 Å². The average molecular weight is 264 g/mol. The lowest BCUT2D eigenvalue weighted by atomic mass is 10.3. The summed E-state index contributed by atoms with van der Waals surface area (Å²) in [6.07, 6.45) is 0.0947. The number of benzene rings is 1. The van der Waals surface area contributed by atoms with Gasteiger partial charge in [0, 0.05) is 11.7 Å². The number of carbonyl (C=O) groups is 2. The highest BCUT2D eigenvalue weighted by atomic mass is 16.5. The SMILES string of the molecule is CC(C)NC(=O)C(=O)Nc1ccc(OC(C)C)cc1. The maximum absolute atomic E-state index is 11.6. The van der Waals surface area contributed by atoms with Gasteiger partial charge in [0.05, 0.1) is 6.10 Å². The van der Waals surface area contributed by atoms with Crippen molar-refractivity contribution in [2.24, 2.45) is 0 Å². The van der Waals surface area contributed by atoms with Gasteiger partial charge < -0.3 is 15.4 Å². The molecule has 0 atom stereocenters. The Bertz CT molecular complexity index is 439. The molecule has 0 aromatic heterocycles. The number of hydrogen-bond acceptors (Lipinski definition) is 3. The summed E-state index contributed by atoms with van der Waals surface area (Å²) in [6.45, 7) is 7.46. The first kappa shape index (κ1) is 15.0. The highest BCUT2D eigenvalue weighted by molar-refractivity contribution is 6.39. The van der Waals surface area contributed by atoms with Gasteiger partial charge in [-0.15, -0.1) is 0 Å². The third kappa shape index (κ3) is 5.42. The first-order chi connectivity index (χ1) is 8.88. The molecule has 0 radical (unpaired) electrons. The van der Waals surface area contributed by atoms with Crippen LogP contribution in [0.4, 0.5) is 5.69 Å². The van der Waals surface area contributed by atoms with Gasteiger partial charge in [0.15, 0.2) is 0 Å². The Morgan fingerprint density at radius 1 is 1.00 bits per heavy atom. The minimum atomic E-state index is -0.675. The smallest absolute Gasteiger partial charge is 0.313 e. The van der Waals surface area contributed by atoms with Crippen molar-refractivity contribution in [3.8, 4) is 5.75 Å². The van der Waals surface area contributed by atoms with E-state index in [1.54, 1.807) is 38.1 Å². The highest BCUT2D eigenvalue weighted by Gasteiger charge is 2.14. The van der Waals surface area contributed by atoms with E-state index in [2.05, 4.69) is 10.6 Å². The molecular formula is C14H20N2O3. The first-order valence-corrected chi connectivity index (χ1v) is 6.27. The van der Waals surface area contributed by atoms with E-state index in [0.29, 0.717) is 5.69 Å². The van der Waals surface area contributed by atoms with Crippen LogP contribution >= 0.6 is 0 Å². The molecular weight excluding hydrogens is 244 g/mol. The van der Waals surface area contributed by atoms with Crippen molar-refractivity contribution in [3.63, 3.8) is 0 Å². The Morgan fingerprint density at radius 3 is 2.05 bits per heavy atom. The third-order valence-corrected chi connectivity index (χ3v) is 2.11.